The summed E-state index contributed by atoms with van der Waals surface area (Å²) in [7, 11) is 4.37. The smallest absolute Gasteiger partial charge is 0.454 e. The SMILES string of the molecule is CC(C)/C(O)=C/C(=O)C(F)(F)F.[CH2-]c1c(-c2c3sc4cc(C(C)C)ccc4c3cc[n+]2[CH2-])cc(C(C)(C)C)c2ccccc12.[Ir]. The van der Waals surface area contributed by atoms with Gasteiger partial charge >= 0.3 is 6.18 Å². The first-order valence-corrected chi connectivity index (χ1v) is 15.3. The van der Waals surface area contributed by atoms with Crippen LogP contribution in [0.2, 0.25) is 0 Å². The molecule has 2 heterocycles. The van der Waals surface area contributed by atoms with Crippen LogP contribution in [0.1, 0.15) is 71.1 Å². The third kappa shape index (κ3) is 7.57. The fraction of sp³-hybridized carbons (Fsp3) is 0.297. The maximum Gasteiger partial charge on any atom is 0.454 e. The molecule has 0 spiro atoms. The van der Waals surface area contributed by atoms with Gasteiger partial charge < -0.3 is 9.67 Å². The van der Waals surface area contributed by atoms with E-state index >= 15 is 0 Å². The number of aromatic nitrogens is 1. The second kappa shape index (κ2) is 13.6. The Morgan fingerprint density at radius 3 is 2.11 bits per heavy atom. The molecule has 0 unspecified atom stereocenters. The number of halogens is 3. The van der Waals surface area contributed by atoms with Crippen LogP contribution in [-0.2, 0) is 30.3 Å². The van der Waals surface area contributed by atoms with Crippen molar-refractivity contribution in [3.8, 4) is 11.3 Å². The fourth-order valence-electron chi connectivity index (χ4n) is 5.13. The second-order valence-electron chi connectivity index (χ2n) is 12.7. The van der Waals surface area contributed by atoms with Gasteiger partial charge in [0.05, 0.1) is 17.6 Å². The minimum absolute atomic E-state index is 0. The summed E-state index contributed by atoms with van der Waals surface area (Å²) in [6.45, 7) is 18.9. The van der Waals surface area contributed by atoms with Crippen LogP contribution in [0.4, 0.5) is 13.2 Å². The zero-order chi connectivity index (χ0) is 32.7. The molecule has 45 heavy (non-hydrogen) atoms. The Morgan fingerprint density at radius 1 is 0.933 bits per heavy atom. The minimum Gasteiger partial charge on any atom is -0.512 e. The minimum atomic E-state index is -4.90. The van der Waals surface area contributed by atoms with Gasteiger partial charge in [-0.25, -0.2) is 0 Å². The van der Waals surface area contributed by atoms with E-state index in [1.54, 1.807) is 0 Å². The van der Waals surface area contributed by atoms with E-state index in [0.717, 1.165) is 11.3 Å². The van der Waals surface area contributed by atoms with E-state index in [9.17, 15) is 18.0 Å². The summed E-state index contributed by atoms with van der Waals surface area (Å²) in [5, 5.41) is 13.9. The molecule has 0 bridgehead atoms. The monoisotopic (exact) mass is 811 g/mol. The van der Waals surface area contributed by atoms with Gasteiger partial charge in [0, 0.05) is 48.5 Å². The molecular weight excluding hydrogens is 772 g/mol. The number of aliphatic hydroxyl groups excluding tert-OH is 1. The number of nitrogens with zero attached hydrogens (tertiary/aromatic N) is 1. The van der Waals surface area contributed by atoms with Crippen molar-refractivity contribution in [2.45, 2.75) is 66.0 Å². The van der Waals surface area contributed by atoms with Gasteiger partial charge in [-0.2, -0.15) is 25.7 Å². The number of pyridine rings is 1. The van der Waals surface area contributed by atoms with E-state index in [1.807, 2.05) is 15.9 Å². The van der Waals surface area contributed by atoms with Crippen molar-refractivity contribution < 1.29 is 47.7 Å². The average Bonchev–Trinajstić information content (AvgIpc) is 3.30. The third-order valence-electron chi connectivity index (χ3n) is 7.71. The summed E-state index contributed by atoms with van der Waals surface area (Å²) in [4.78, 5) is 10.2. The van der Waals surface area contributed by atoms with E-state index < -0.39 is 23.6 Å². The Bertz CT molecular complexity index is 1900. The van der Waals surface area contributed by atoms with Crippen LogP contribution < -0.4 is 4.57 Å². The van der Waals surface area contributed by atoms with Gasteiger partial charge in [0.1, 0.15) is 0 Å². The van der Waals surface area contributed by atoms with Crippen molar-refractivity contribution in [1.82, 2.24) is 0 Å². The summed E-state index contributed by atoms with van der Waals surface area (Å²) in [5.41, 5.74) is 6.14. The Morgan fingerprint density at radius 2 is 1.56 bits per heavy atom. The molecule has 0 amide bonds. The van der Waals surface area contributed by atoms with Crippen LogP contribution in [0.5, 0.6) is 0 Å². The van der Waals surface area contributed by atoms with Gasteiger partial charge in [0.25, 0.3) is 5.78 Å². The van der Waals surface area contributed by atoms with Crippen LogP contribution in [0.25, 0.3) is 42.2 Å². The fourth-order valence-corrected chi connectivity index (χ4v) is 6.44. The first-order valence-electron chi connectivity index (χ1n) is 14.5. The molecular formula is C37H39F3IrNO2S-. The molecule has 1 N–H and O–H groups in total. The number of alkyl halides is 3. The topological polar surface area (TPSA) is 41.2 Å². The van der Waals surface area contributed by atoms with Crippen LogP contribution in [0.15, 0.2) is 72.6 Å². The molecule has 3 nitrogen and oxygen atoms in total. The maximum absolute atomic E-state index is 11.6. The zero-order valence-electron chi connectivity index (χ0n) is 26.6. The summed E-state index contributed by atoms with van der Waals surface area (Å²) < 4.78 is 39.3. The number of allylic oxidation sites excluding steroid dienone is 2. The van der Waals surface area contributed by atoms with Gasteiger partial charge in [-0.15, -0.1) is 34.4 Å². The van der Waals surface area contributed by atoms with Crippen molar-refractivity contribution in [3.63, 3.8) is 0 Å². The standard InChI is InChI=1S/C30H30NS.C7H9F3O2.Ir/c1-18(2)20-12-13-23-24-14-15-31(7)28(29(24)32-27(23)16-20)25-17-26(30(4,5)6)22-11-9-8-10-21(22)19(25)3;1-4(2)5(11)3-6(12)7(8,9)10;/h8-18H,3,7H2,1-2,4-6H3;3-4,11H,1-2H3;/q-1;;/b;5-3-;. The Balaban J connectivity index is 0.000000365. The molecule has 5 rings (SSSR count). The molecule has 241 valence electrons. The molecule has 8 heteroatoms. The van der Waals surface area contributed by atoms with Crippen LogP contribution in [-0.4, -0.2) is 17.1 Å². The largest absolute Gasteiger partial charge is 0.512 e. The van der Waals surface area contributed by atoms with E-state index in [4.69, 9.17) is 5.11 Å². The Labute approximate surface area is 281 Å². The molecule has 2 aromatic heterocycles. The number of aliphatic hydroxyl groups is 1. The number of hydrogen-bond donors (Lipinski definition) is 1. The predicted molar refractivity (Wildman–Crippen MR) is 177 cm³/mol. The molecule has 0 fully saturated rings. The Kier molecular flexibility index (Phi) is 10.9. The number of rotatable bonds is 4. The Hall–Kier alpha value is -3.32. The van der Waals surface area contributed by atoms with Crippen molar-refractivity contribution in [3.05, 3.63) is 103 Å². The molecule has 0 aliphatic carbocycles. The molecule has 0 saturated carbocycles. The predicted octanol–water partition coefficient (Wildman–Crippen LogP) is 10.6. The number of benzene rings is 3. The van der Waals surface area contributed by atoms with Gasteiger partial charge in [-0.05, 0) is 39.8 Å². The third-order valence-corrected chi connectivity index (χ3v) is 8.89. The number of thiophene rings is 1. The molecule has 5 aromatic rings. The summed E-state index contributed by atoms with van der Waals surface area (Å²) >= 11 is 1.87. The van der Waals surface area contributed by atoms with Gasteiger partial charge in [-0.3, -0.25) is 4.79 Å². The van der Waals surface area contributed by atoms with Gasteiger partial charge in [0.15, 0.2) is 0 Å². The average molecular weight is 811 g/mol. The number of ketones is 1. The summed E-state index contributed by atoms with van der Waals surface area (Å²) in [6, 6.07) is 20.1. The quantitative estimate of drug-likeness (QED) is 0.0850. The van der Waals surface area contributed by atoms with E-state index in [-0.39, 0.29) is 31.6 Å². The van der Waals surface area contributed by atoms with Gasteiger partial charge in [0.2, 0.25) is 0 Å². The van der Waals surface area contributed by atoms with Crippen LogP contribution >= 0.6 is 11.3 Å². The summed E-state index contributed by atoms with van der Waals surface area (Å²) in [5.74, 6) is -2.55. The summed E-state index contributed by atoms with van der Waals surface area (Å²) in [6.07, 6.45) is -2.61. The number of carbonyl (C=O) groups excluding carboxylic acids is 1. The molecule has 0 saturated heterocycles. The molecule has 0 atom stereocenters. The van der Waals surface area contributed by atoms with E-state index in [0.29, 0.717) is 5.92 Å². The van der Waals surface area contributed by atoms with Crippen molar-refractivity contribution in [2.75, 3.05) is 0 Å². The van der Waals surface area contributed by atoms with Crippen molar-refractivity contribution in [2.24, 2.45) is 5.92 Å². The normalized spacial score (nSPS) is 12.5. The first kappa shape index (κ1) is 36.2. The number of hydrogen-bond acceptors (Lipinski definition) is 3. The number of carbonyl (C=O) groups is 1. The van der Waals surface area contributed by atoms with E-state index in [1.165, 1.54) is 61.5 Å². The van der Waals surface area contributed by atoms with Crippen LogP contribution in [0.3, 0.4) is 0 Å². The maximum atomic E-state index is 11.6. The molecule has 3 aromatic carbocycles. The first-order chi connectivity index (χ1) is 20.4. The number of fused-ring (bicyclic) bond motifs is 4. The molecule has 0 aliphatic rings. The second-order valence-corrected chi connectivity index (χ2v) is 13.8. The van der Waals surface area contributed by atoms with Crippen LogP contribution in [0, 0.1) is 19.9 Å². The van der Waals surface area contributed by atoms with Gasteiger partial charge in [-0.1, -0.05) is 89.7 Å². The molecule has 1 radical (unpaired) electrons. The van der Waals surface area contributed by atoms with Crippen molar-refractivity contribution in [1.29, 1.82) is 0 Å². The van der Waals surface area contributed by atoms with E-state index in [2.05, 4.69) is 109 Å². The van der Waals surface area contributed by atoms with Crippen molar-refractivity contribution >= 4 is 48.1 Å². The zero-order valence-corrected chi connectivity index (χ0v) is 29.8. The molecule has 0 aliphatic heterocycles.